The normalized spacial score (nSPS) is 16.4. The van der Waals surface area contributed by atoms with Crippen LogP contribution in [0.4, 0.5) is 34.1 Å². The zero-order valence-electron chi connectivity index (χ0n) is 50.0. The molecule has 2 heterocycles. The molecule has 0 saturated heterocycles. The van der Waals surface area contributed by atoms with Gasteiger partial charge in [-0.3, -0.25) is 0 Å². The van der Waals surface area contributed by atoms with E-state index in [9.17, 15) is 0 Å². The predicted molar refractivity (Wildman–Crippen MR) is 344 cm³/mol. The molecule has 0 spiro atoms. The molecule has 2 nitrogen and oxygen atoms in total. The van der Waals surface area contributed by atoms with Crippen LogP contribution < -0.4 is 15.3 Å². The second-order valence-electron chi connectivity index (χ2n) is 27.9. The van der Waals surface area contributed by atoms with Crippen LogP contribution in [0.1, 0.15) is 171 Å². The molecular formula is C77H80BN2. The van der Waals surface area contributed by atoms with E-state index >= 15 is 0 Å². The molecule has 1 unspecified atom stereocenters. The number of fused-ring (bicyclic) bond motifs is 6. The minimum Gasteiger partial charge on any atom is -0.311 e. The van der Waals surface area contributed by atoms with Crippen molar-refractivity contribution in [2.45, 2.75) is 148 Å². The predicted octanol–water partition coefficient (Wildman–Crippen LogP) is 20.3. The molecule has 0 amide bonds. The highest BCUT2D eigenvalue weighted by atomic mass is 15.2. The molecule has 1 radical (unpaired) electrons. The maximum absolute atomic E-state index is 2.72. The Morgan fingerprint density at radius 2 is 0.812 bits per heavy atom. The van der Waals surface area contributed by atoms with Gasteiger partial charge < -0.3 is 9.80 Å². The summed E-state index contributed by atoms with van der Waals surface area (Å²) < 4.78 is 0. The Bertz CT molecular complexity index is 3790. The average molecular weight is 1040 g/mol. The summed E-state index contributed by atoms with van der Waals surface area (Å²) in [4.78, 5) is 5.34. The van der Waals surface area contributed by atoms with E-state index in [1.807, 2.05) is 0 Å². The van der Waals surface area contributed by atoms with Gasteiger partial charge in [-0.25, -0.2) is 0 Å². The number of nitrogens with zero attached hydrogens (tertiary/aromatic N) is 2. The highest BCUT2D eigenvalue weighted by molar-refractivity contribution is 6.61. The van der Waals surface area contributed by atoms with Crippen molar-refractivity contribution in [3.63, 3.8) is 0 Å². The molecule has 12 rings (SSSR count). The molecule has 401 valence electrons. The van der Waals surface area contributed by atoms with Crippen LogP contribution in [0.5, 0.6) is 0 Å². The maximum Gasteiger partial charge on any atom is 0.172 e. The van der Waals surface area contributed by atoms with Crippen LogP contribution >= 0.6 is 0 Å². The van der Waals surface area contributed by atoms with Crippen molar-refractivity contribution in [1.82, 2.24) is 0 Å². The lowest BCUT2D eigenvalue weighted by Gasteiger charge is -2.44. The first-order valence-corrected chi connectivity index (χ1v) is 29.4. The summed E-state index contributed by atoms with van der Waals surface area (Å²) in [5.41, 5.74) is 26.0. The summed E-state index contributed by atoms with van der Waals surface area (Å²) in [5.74, 6) is -0.0932. The Labute approximate surface area is 480 Å². The molecule has 0 fully saturated rings. The topological polar surface area (TPSA) is 6.48 Å². The van der Waals surface area contributed by atoms with Crippen molar-refractivity contribution in [2.24, 2.45) is 0 Å². The minimum atomic E-state index is -0.267. The monoisotopic (exact) mass is 1040 g/mol. The van der Waals surface area contributed by atoms with Gasteiger partial charge in [-0.15, -0.1) is 0 Å². The molecule has 2 aliphatic heterocycles. The van der Waals surface area contributed by atoms with Gasteiger partial charge in [0.2, 0.25) is 0 Å². The van der Waals surface area contributed by atoms with Gasteiger partial charge in [-0.05, 0) is 167 Å². The smallest absolute Gasteiger partial charge is 0.172 e. The SMILES string of the molecule is CC(C)(C)c1ccc(N2c3cc4c(cc3C3[B]c5c(cc(C(C)(C)C)cc52)N(c2ccc(C(C)(C)c5ccccc5)cc2)c2ccc(C(C)(C)c5ccccc5)cc23)C(C)(C)CCC4(C)C)c(-c2ccc(-c3ccccc3)cc2)c1. The minimum absolute atomic E-state index is 0.0134. The molecule has 0 N–H and O–H groups in total. The number of anilines is 6. The van der Waals surface area contributed by atoms with Gasteiger partial charge in [-0.1, -0.05) is 249 Å². The highest BCUT2D eigenvalue weighted by Crippen LogP contribution is 2.57. The first-order chi connectivity index (χ1) is 37.9. The second-order valence-corrected chi connectivity index (χ2v) is 27.9. The molecular weight excluding hydrogens is 964 g/mol. The molecule has 9 aromatic carbocycles. The first-order valence-electron chi connectivity index (χ1n) is 29.4. The van der Waals surface area contributed by atoms with Gasteiger partial charge in [0.05, 0.1) is 5.69 Å². The highest BCUT2D eigenvalue weighted by Gasteiger charge is 2.44. The fraction of sp³-hybridized carbons (Fsp3) is 0.299. The van der Waals surface area contributed by atoms with E-state index in [2.05, 4.69) is 314 Å². The third kappa shape index (κ3) is 9.14. The number of hydrogen-bond acceptors (Lipinski definition) is 2. The molecule has 3 heteroatoms. The zero-order chi connectivity index (χ0) is 56.3. The second kappa shape index (κ2) is 19.1. The van der Waals surface area contributed by atoms with Crippen molar-refractivity contribution in [2.75, 3.05) is 9.80 Å². The molecule has 1 atom stereocenters. The van der Waals surface area contributed by atoms with E-state index in [0.29, 0.717) is 0 Å². The quantitative estimate of drug-likeness (QED) is 0.140. The van der Waals surface area contributed by atoms with Gasteiger partial charge in [0.15, 0.2) is 7.28 Å². The number of benzene rings is 9. The van der Waals surface area contributed by atoms with Gasteiger partial charge in [-0.2, -0.15) is 0 Å². The summed E-state index contributed by atoms with van der Waals surface area (Å²) in [6.07, 6.45) is 2.27. The Hall–Kier alpha value is -7.36. The van der Waals surface area contributed by atoms with Crippen LogP contribution in [0.15, 0.2) is 200 Å². The zero-order valence-corrected chi connectivity index (χ0v) is 50.0. The van der Waals surface area contributed by atoms with Crippen LogP contribution in [0.2, 0.25) is 0 Å². The van der Waals surface area contributed by atoms with E-state index in [1.165, 1.54) is 112 Å². The lowest BCUT2D eigenvalue weighted by atomic mass is 9.53. The molecule has 80 heavy (non-hydrogen) atoms. The lowest BCUT2D eigenvalue weighted by Crippen LogP contribution is -2.34. The molecule has 2 bridgehead atoms. The largest absolute Gasteiger partial charge is 0.311 e. The standard InChI is InChI=1S/C77H80BN2/c1-72(2,3)56-36-40-65(60(44-56)52-32-30-51(31-33-52)50-24-18-15-19-25-50)80-67-49-64-63(74(7,8)42-43-75(64,9)10)48-62(67)70-61-45-57(77(13,14)54-28-22-17-23-29-54)37-41-66(61)79(68-46-58(73(4,5)6)47-69(80)71(68)78-70)59-38-34-55(35-39-59)76(11,12)53-26-20-16-21-27-53/h15-41,44-49,70H,42-43H2,1-14H3. The van der Waals surface area contributed by atoms with Gasteiger partial charge in [0.25, 0.3) is 0 Å². The summed E-state index contributed by atoms with van der Waals surface area (Å²) in [6, 6.07) is 77.0. The Balaban J connectivity index is 1.20. The Morgan fingerprint density at radius 3 is 1.39 bits per heavy atom. The van der Waals surface area contributed by atoms with Crippen LogP contribution in [-0.2, 0) is 32.5 Å². The average Bonchev–Trinajstić information content (AvgIpc) is 2.58. The van der Waals surface area contributed by atoms with E-state index < -0.39 is 0 Å². The first kappa shape index (κ1) is 53.3. The van der Waals surface area contributed by atoms with Crippen molar-refractivity contribution in [3.05, 3.63) is 256 Å². The Kier molecular flexibility index (Phi) is 12.8. The third-order valence-corrected chi connectivity index (χ3v) is 19.0. The Morgan fingerprint density at radius 1 is 0.362 bits per heavy atom. The van der Waals surface area contributed by atoms with Crippen LogP contribution in [0, 0.1) is 0 Å². The fourth-order valence-corrected chi connectivity index (χ4v) is 13.3. The summed E-state index contributed by atoms with van der Waals surface area (Å²) in [7, 11) is 2.67. The lowest BCUT2D eigenvalue weighted by molar-refractivity contribution is 0.331. The number of rotatable bonds is 8. The van der Waals surface area contributed by atoms with Crippen LogP contribution in [0.3, 0.4) is 0 Å². The van der Waals surface area contributed by atoms with Crippen LogP contribution in [-0.4, -0.2) is 7.28 Å². The molecule has 3 aliphatic rings. The van der Waals surface area contributed by atoms with E-state index in [4.69, 9.17) is 0 Å². The van der Waals surface area contributed by atoms with Crippen molar-refractivity contribution >= 4 is 46.9 Å². The molecule has 0 aromatic heterocycles. The third-order valence-electron chi connectivity index (χ3n) is 19.0. The van der Waals surface area contributed by atoms with Gasteiger partial charge in [0.1, 0.15) is 0 Å². The van der Waals surface area contributed by atoms with Gasteiger partial charge in [0, 0.05) is 44.8 Å². The summed E-state index contributed by atoms with van der Waals surface area (Å²) in [5, 5.41) is 0. The number of hydrogen-bond donors (Lipinski definition) is 0. The van der Waals surface area contributed by atoms with Crippen molar-refractivity contribution < 1.29 is 0 Å². The van der Waals surface area contributed by atoms with Crippen molar-refractivity contribution in [1.29, 1.82) is 0 Å². The van der Waals surface area contributed by atoms with Crippen LogP contribution in [0.25, 0.3) is 22.3 Å². The van der Waals surface area contributed by atoms with E-state index in [1.54, 1.807) is 0 Å². The molecule has 9 aromatic rings. The summed E-state index contributed by atoms with van der Waals surface area (Å²) >= 11 is 0. The van der Waals surface area contributed by atoms with Gasteiger partial charge >= 0.3 is 0 Å². The molecule has 0 saturated carbocycles. The van der Waals surface area contributed by atoms with E-state index in [0.717, 1.165) is 18.5 Å². The maximum atomic E-state index is 2.72. The van der Waals surface area contributed by atoms with Crippen molar-refractivity contribution in [3.8, 4) is 22.3 Å². The molecule has 1 aliphatic carbocycles. The van der Waals surface area contributed by atoms with E-state index in [-0.39, 0.29) is 38.3 Å². The fourth-order valence-electron chi connectivity index (χ4n) is 13.3. The summed E-state index contributed by atoms with van der Waals surface area (Å²) in [6.45, 7) is 33.6.